The van der Waals surface area contributed by atoms with Gasteiger partial charge in [-0.15, -0.1) is 11.3 Å². The third-order valence-corrected chi connectivity index (χ3v) is 6.29. The molecule has 0 atom stereocenters. The van der Waals surface area contributed by atoms with Gasteiger partial charge < -0.3 is 16.0 Å². The minimum Gasteiger partial charge on any atom is -0.336 e. The van der Waals surface area contributed by atoms with E-state index in [0.717, 1.165) is 29.2 Å². The fourth-order valence-corrected chi connectivity index (χ4v) is 4.47. The topological polar surface area (TPSA) is 90.5 Å². The van der Waals surface area contributed by atoms with Crippen LogP contribution in [0.4, 0.5) is 25.6 Å². The predicted octanol–water partition coefficient (Wildman–Crippen LogP) is 4.88. The van der Waals surface area contributed by atoms with Crippen LogP contribution in [0.5, 0.6) is 0 Å². The number of hydrogen-bond acceptors (Lipinski definition) is 4. The third kappa shape index (κ3) is 4.58. The standard InChI is InChI=1S/C22H18ClFN4O3S/c1-12-10-18(27-20(29)16-7-2-13(24)11-17(16)23)32-19(12)21(30)26-14-3-5-15(6-4-14)28-9-8-25-22(28)31/h2-7,10-11H,8-9H2,1H3,(H,25,31)(H,26,30)(H,27,29). The summed E-state index contributed by atoms with van der Waals surface area (Å²) >= 11 is 7.06. The van der Waals surface area contributed by atoms with Crippen molar-refractivity contribution in [3.05, 3.63) is 75.4 Å². The van der Waals surface area contributed by atoms with Gasteiger partial charge in [0, 0.05) is 24.5 Å². The van der Waals surface area contributed by atoms with Gasteiger partial charge in [-0.2, -0.15) is 0 Å². The zero-order chi connectivity index (χ0) is 22.8. The molecule has 0 unspecified atom stereocenters. The van der Waals surface area contributed by atoms with Gasteiger partial charge in [0.15, 0.2) is 0 Å². The first kappa shape index (κ1) is 21.8. The Morgan fingerprint density at radius 1 is 1.09 bits per heavy atom. The van der Waals surface area contributed by atoms with E-state index in [9.17, 15) is 18.8 Å². The van der Waals surface area contributed by atoms with Crippen molar-refractivity contribution in [2.75, 3.05) is 28.6 Å². The molecule has 32 heavy (non-hydrogen) atoms. The number of amides is 4. The van der Waals surface area contributed by atoms with E-state index in [2.05, 4.69) is 16.0 Å². The summed E-state index contributed by atoms with van der Waals surface area (Å²) in [6.45, 7) is 2.96. The van der Waals surface area contributed by atoms with Crippen LogP contribution >= 0.6 is 22.9 Å². The van der Waals surface area contributed by atoms with Gasteiger partial charge in [-0.1, -0.05) is 11.6 Å². The number of carbonyl (C=O) groups is 3. The summed E-state index contributed by atoms with van der Waals surface area (Å²) in [5.41, 5.74) is 2.15. The molecule has 7 nitrogen and oxygen atoms in total. The lowest BCUT2D eigenvalue weighted by Crippen LogP contribution is -2.27. The zero-order valence-corrected chi connectivity index (χ0v) is 18.4. The lowest BCUT2D eigenvalue weighted by molar-refractivity contribution is 0.102. The van der Waals surface area contributed by atoms with E-state index in [0.29, 0.717) is 34.2 Å². The van der Waals surface area contributed by atoms with Crippen LogP contribution in [0.1, 0.15) is 25.6 Å². The second-order valence-corrected chi connectivity index (χ2v) is 8.55. The second kappa shape index (κ2) is 8.97. The van der Waals surface area contributed by atoms with Crippen molar-refractivity contribution in [3.8, 4) is 0 Å². The van der Waals surface area contributed by atoms with Crippen LogP contribution in [0, 0.1) is 12.7 Å². The van der Waals surface area contributed by atoms with Crippen LogP contribution in [0.25, 0.3) is 0 Å². The minimum atomic E-state index is -0.533. The summed E-state index contributed by atoms with van der Waals surface area (Å²) in [6, 6.07) is 12.0. The number of carbonyl (C=O) groups excluding carboxylic acids is 3. The smallest absolute Gasteiger partial charge is 0.321 e. The van der Waals surface area contributed by atoms with Gasteiger partial charge >= 0.3 is 6.03 Å². The average Bonchev–Trinajstić information content (AvgIpc) is 3.33. The molecule has 0 spiro atoms. The summed E-state index contributed by atoms with van der Waals surface area (Å²) in [5, 5.41) is 8.72. The van der Waals surface area contributed by atoms with E-state index in [-0.39, 0.29) is 22.5 Å². The fourth-order valence-electron chi connectivity index (χ4n) is 3.25. The van der Waals surface area contributed by atoms with Crippen molar-refractivity contribution in [2.45, 2.75) is 6.92 Å². The van der Waals surface area contributed by atoms with Crippen LogP contribution in [-0.2, 0) is 0 Å². The zero-order valence-electron chi connectivity index (χ0n) is 16.9. The number of halogens is 2. The number of urea groups is 1. The maximum Gasteiger partial charge on any atom is 0.321 e. The lowest BCUT2D eigenvalue weighted by Gasteiger charge is -2.14. The molecule has 4 rings (SSSR count). The van der Waals surface area contributed by atoms with Crippen LogP contribution < -0.4 is 20.9 Å². The van der Waals surface area contributed by atoms with E-state index >= 15 is 0 Å². The maximum atomic E-state index is 13.2. The van der Waals surface area contributed by atoms with Gasteiger partial charge in [0.05, 0.1) is 20.5 Å². The number of nitrogens with zero attached hydrogens (tertiary/aromatic N) is 1. The molecule has 10 heteroatoms. The third-order valence-electron chi connectivity index (χ3n) is 4.83. The average molecular weight is 473 g/mol. The van der Waals surface area contributed by atoms with E-state index in [1.807, 2.05) is 0 Å². The minimum absolute atomic E-state index is 0.00334. The fraction of sp³-hybridized carbons (Fsp3) is 0.136. The molecule has 3 N–H and O–H groups in total. The highest BCUT2D eigenvalue weighted by molar-refractivity contribution is 7.18. The lowest BCUT2D eigenvalue weighted by atomic mass is 10.2. The Morgan fingerprint density at radius 2 is 1.84 bits per heavy atom. The Kier molecular flexibility index (Phi) is 6.11. The molecule has 4 amide bonds. The van der Waals surface area contributed by atoms with Gasteiger partial charge in [-0.05, 0) is 61.0 Å². The molecule has 0 saturated carbocycles. The highest BCUT2D eigenvalue weighted by Crippen LogP contribution is 2.29. The molecule has 0 bridgehead atoms. The van der Waals surface area contributed by atoms with Crippen LogP contribution in [0.15, 0.2) is 48.5 Å². The molecule has 3 aromatic rings. The van der Waals surface area contributed by atoms with Crippen molar-refractivity contribution < 1.29 is 18.8 Å². The van der Waals surface area contributed by atoms with Crippen molar-refractivity contribution in [1.82, 2.24) is 5.32 Å². The van der Waals surface area contributed by atoms with Gasteiger partial charge in [-0.3, -0.25) is 14.5 Å². The first-order chi connectivity index (χ1) is 15.3. The molecule has 1 aliphatic rings. The summed E-state index contributed by atoms with van der Waals surface area (Å²) in [4.78, 5) is 39.0. The molecular weight excluding hydrogens is 455 g/mol. The molecular formula is C22H18ClFN4O3S. The Labute approximate surface area is 192 Å². The molecule has 2 aromatic carbocycles. The highest BCUT2D eigenvalue weighted by Gasteiger charge is 2.21. The number of anilines is 3. The molecule has 2 heterocycles. The van der Waals surface area contributed by atoms with Crippen LogP contribution in [0.3, 0.4) is 0 Å². The Bertz CT molecular complexity index is 1210. The van der Waals surface area contributed by atoms with Crippen LogP contribution in [-0.4, -0.2) is 30.9 Å². The monoisotopic (exact) mass is 472 g/mol. The molecule has 164 valence electrons. The first-order valence-electron chi connectivity index (χ1n) is 9.65. The van der Waals surface area contributed by atoms with Crippen molar-refractivity contribution in [1.29, 1.82) is 0 Å². The van der Waals surface area contributed by atoms with E-state index < -0.39 is 11.7 Å². The molecule has 1 saturated heterocycles. The summed E-state index contributed by atoms with van der Waals surface area (Å²) in [5.74, 6) is -1.35. The number of thiophene rings is 1. The van der Waals surface area contributed by atoms with E-state index in [4.69, 9.17) is 11.6 Å². The SMILES string of the molecule is Cc1cc(NC(=O)c2ccc(F)cc2Cl)sc1C(=O)Nc1ccc(N2CCNC2=O)cc1. The largest absolute Gasteiger partial charge is 0.336 e. The molecule has 0 radical (unpaired) electrons. The number of benzene rings is 2. The van der Waals surface area contributed by atoms with Crippen molar-refractivity contribution in [2.24, 2.45) is 0 Å². The summed E-state index contributed by atoms with van der Waals surface area (Å²) in [6.07, 6.45) is 0. The number of rotatable bonds is 5. The summed E-state index contributed by atoms with van der Waals surface area (Å²) in [7, 11) is 0. The van der Waals surface area contributed by atoms with E-state index in [1.54, 1.807) is 42.2 Å². The van der Waals surface area contributed by atoms with Crippen molar-refractivity contribution in [3.63, 3.8) is 0 Å². The summed E-state index contributed by atoms with van der Waals surface area (Å²) < 4.78 is 13.2. The first-order valence-corrected chi connectivity index (χ1v) is 10.8. The normalized spacial score (nSPS) is 13.1. The Balaban J connectivity index is 1.43. The van der Waals surface area contributed by atoms with Gasteiger partial charge in [0.2, 0.25) is 0 Å². The van der Waals surface area contributed by atoms with Crippen molar-refractivity contribution >= 4 is 57.2 Å². The molecule has 1 fully saturated rings. The molecule has 1 aliphatic heterocycles. The quantitative estimate of drug-likeness (QED) is 0.494. The van der Waals surface area contributed by atoms with E-state index in [1.165, 1.54) is 6.07 Å². The number of nitrogens with one attached hydrogen (secondary N) is 3. The Morgan fingerprint density at radius 3 is 2.50 bits per heavy atom. The molecule has 1 aromatic heterocycles. The van der Waals surface area contributed by atoms with Gasteiger partial charge in [-0.25, -0.2) is 9.18 Å². The number of aryl methyl sites for hydroxylation is 1. The van der Waals surface area contributed by atoms with Gasteiger partial charge in [0.25, 0.3) is 11.8 Å². The Hall–Kier alpha value is -3.43. The highest BCUT2D eigenvalue weighted by atomic mass is 35.5. The second-order valence-electron chi connectivity index (χ2n) is 7.09. The molecule has 0 aliphatic carbocycles. The van der Waals surface area contributed by atoms with Crippen LogP contribution in [0.2, 0.25) is 5.02 Å². The van der Waals surface area contributed by atoms with Gasteiger partial charge in [0.1, 0.15) is 5.82 Å². The number of hydrogen-bond donors (Lipinski definition) is 3. The maximum absolute atomic E-state index is 13.2. The predicted molar refractivity (Wildman–Crippen MR) is 124 cm³/mol.